The van der Waals surface area contributed by atoms with Crippen LogP contribution in [0.25, 0.3) is 11.4 Å². The number of tetrazole rings is 1. The molecule has 0 spiro atoms. The molecular formula is C22H23N5O3. The summed E-state index contributed by atoms with van der Waals surface area (Å²) in [4.78, 5) is 27.9. The molecule has 0 aliphatic carbocycles. The molecule has 2 heterocycles. The Labute approximate surface area is 174 Å². The van der Waals surface area contributed by atoms with E-state index in [1.54, 1.807) is 38.1 Å². The van der Waals surface area contributed by atoms with Crippen molar-refractivity contribution in [3.05, 3.63) is 65.2 Å². The molecule has 4 rings (SSSR count). The lowest BCUT2D eigenvalue weighted by Crippen LogP contribution is -2.38. The molecular weight excluding hydrogens is 382 g/mol. The number of carbonyl (C=O) groups excluding carboxylic acids is 2. The van der Waals surface area contributed by atoms with Crippen molar-refractivity contribution in [2.24, 2.45) is 0 Å². The van der Waals surface area contributed by atoms with E-state index in [9.17, 15) is 9.59 Å². The maximum atomic E-state index is 12.7. The van der Waals surface area contributed by atoms with Crippen LogP contribution >= 0.6 is 0 Å². The number of hydrogen-bond acceptors (Lipinski definition) is 6. The number of benzene rings is 2. The molecule has 0 unspecified atom stereocenters. The first-order valence-corrected chi connectivity index (χ1v) is 9.93. The molecule has 3 aromatic rings. The van der Waals surface area contributed by atoms with E-state index in [-0.39, 0.29) is 18.6 Å². The van der Waals surface area contributed by atoms with Crippen molar-refractivity contribution in [1.29, 1.82) is 0 Å². The number of amides is 1. The lowest BCUT2D eigenvalue weighted by Gasteiger charge is -2.28. The van der Waals surface area contributed by atoms with Crippen molar-refractivity contribution in [3.63, 3.8) is 0 Å². The van der Waals surface area contributed by atoms with Gasteiger partial charge in [0.2, 0.25) is 11.7 Å². The topological polar surface area (TPSA) is 90.2 Å². The SMILES string of the molecule is CC(C)OC(=O)c1cccc(-c2nnn(CC(=O)N3CCc4ccccc4C3)n2)c1. The summed E-state index contributed by atoms with van der Waals surface area (Å²) in [6, 6.07) is 15.0. The quantitative estimate of drug-likeness (QED) is 0.606. The van der Waals surface area contributed by atoms with Gasteiger partial charge in [0.05, 0.1) is 11.7 Å². The average Bonchev–Trinajstić information content (AvgIpc) is 3.21. The summed E-state index contributed by atoms with van der Waals surface area (Å²) in [5, 5.41) is 12.4. The Morgan fingerprint density at radius 3 is 2.70 bits per heavy atom. The van der Waals surface area contributed by atoms with Crippen molar-refractivity contribution >= 4 is 11.9 Å². The predicted octanol–water partition coefficient (Wildman–Crippen LogP) is 2.49. The molecule has 1 aliphatic rings. The first-order chi connectivity index (χ1) is 14.5. The Kier molecular flexibility index (Phi) is 5.56. The minimum absolute atomic E-state index is 0.0181. The molecule has 0 atom stereocenters. The summed E-state index contributed by atoms with van der Waals surface area (Å²) in [5.41, 5.74) is 3.52. The van der Waals surface area contributed by atoms with E-state index in [1.807, 2.05) is 17.0 Å². The third-order valence-electron chi connectivity index (χ3n) is 4.91. The molecule has 8 nitrogen and oxygen atoms in total. The van der Waals surface area contributed by atoms with Crippen molar-refractivity contribution in [2.45, 2.75) is 39.5 Å². The maximum absolute atomic E-state index is 12.7. The Balaban J connectivity index is 1.43. The number of fused-ring (bicyclic) bond motifs is 1. The first kappa shape index (κ1) is 19.8. The molecule has 1 amide bonds. The molecule has 0 saturated carbocycles. The van der Waals surface area contributed by atoms with Crippen LogP contribution < -0.4 is 0 Å². The Morgan fingerprint density at radius 1 is 1.10 bits per heavy atom. The van der Waals surface area contributed by atoms with Gasteiger partial charge >= 0.3 is 5.97 Å². The molecule has 2 aromatic carbocycles. The van der Waals surface area contributed by atoms with Crippen LogP contribution in [0.3, 0.4) is 0 Å². The van der Waals surface area contributed by atoms with Gasteiger partial charge in [0, 0.05) is 18.7 Å². The van der Waals surface area contributed by atoms with Crippen LogP contribution in [-0.4, -0.2) is 49.6 Å². The number of carbonyl (C=O) groups is 2. The minimum Gasteiger partial charge on any atom is -0.459 e. The van der Waals surface area contributed by atoms with Crippen LogP contribution in [0, 0.1) is 0 Å². The van der Waals surface area contributed by atoms with Crippen LogP contribution in [0.5, 0.6) is 0 Å². The standard InChI is InChI=1S/C22H23N5O3/c1-15(2)30-22(29)18-9-5-8-17(12-18)21-23-25-27(24-21)14-20(28)26-11-10-16-6-3-4-7-19(16)13-26/h3-9,12,15H,10-11,13-14H2,1-2H3. The summed E-state index contributed by atoms with van der Waals surface area (Å²) in [6.45, 7) is 4.89. The maximum Gasteiger partial charge on any atom is 0.338 e. The summed E-state index contributed by atoms with van der Waals surface area (Å²) < 4.78 is 5.23. The monoisotopic (exact) mass is 405 g/mol. The summed E-state index contributed by atoms with van der Waals surface area (Å²) >= 11 is 0. The largest absolute Gasteiger partial charge is 0.459 e. The van der Waals surface area contributed by atoms with Gasteiger partial charge in [-0.25, -0.2) is 4.79 Å². The predicted molar refractivity (Wildman–Crippen MR) is 109 cm³/mol. The molecule has 0 bridgehead atoms. The minimum atomic E-state index is -0.403. The van der Waals surface area contributed by atoms with E-state index >= 15 is 0 Å². The van der Waals surface area contributed by atoms with Crippen molar-refractivity contribution < 1.29 is 14.3 Å². The van der Waals surface area contributed by atoms with E-state index in [4.69, 9.17) is 4.74 Å². The Morgan fingerprint density at radius 2 is 1.90 bits per heavy atom. The third-order valence-corrected chi connectivity index (χ3v) is 4.91. The fraction of sp³-hybridized carbons (Fsp3) is 0.318. The second-order valence-electron chi connectivity index (χ2n) is 7.51. The number of hydrogen-bond donors (Lipinski definition) is 0. The molecule has 0 saturated heterocycles. The second-order valence-corrected chi connectivity index (χ2v) is 7.51. The van der Waals surface area contributed by atoms with Crippen molar-refractivity contribution in [2.75, 3.05) is 6.54 Å². The molecule has 0 fully saturated rings. The van der Waals surface area contributed by atoms with E-state index in [0.29, 0.717) is 30.0 Å². The van der Waals surface area contributed by atoms with Crippen LogP contribution in [0.1, 0.15) is 35.3 Å². The molecule has 1 aromatic heterocycles. The van der Waals surface area contributed by atoms with Gasteiger partial charge in [0.1, 0.15) is 6.54 Å². The second kappa shape index (κ2) is 8.44. The van der Waals surface area contributed by atoms with Crippen LogP contribution in [0.15, 0.2) is 48.5 Å². The van der Waals surface area contributed by atoms with Crippen molar-refractivity contribution in [3.8, 4) is 11.4 Å². The van der Waals surface area contributed by atoms with Gasteiger partial charge in [-0.15, -0.1) is 10.2 Å². The number of esters is 1. The fourth-order valence-electron chi connectivity index (χ4n) is 3.42. The van der Waals surface area contributed by atoms with Gasteiger partial charge in [-0.3, -0.25) is 4.79 Å². The van der Waals surface area contributed by atoms with E-state index < -0.39 is 5.97 Å². The Hall–Kier alpha value is -3.55. The number of nitrogens with zero attached hydrogens (tertiary/aromatic N) is 5. The molecule has 154 valence electrons. The van der Waals surface area contributed by atoms with Gasteiger partial charge in [-0.05, 0) is 48.7 Å². The number of rotatable bonds is 5. The lowest BCUT2D eigenvalue weighted by molar-refractivity contribution is -0.133. The van der Waals surface area contributed by atoms with E-state index in [2.05, 4.69) is 27.5 Å². The molecule has 1 aliphatic heterocycles. The van der Waals surface area contributed by atoms with E-state index in [1.165, 1.54) is 15.9 Å². The van der Waals surface area contributed by atoms with Gasteiger partial charge in [0.25, 0.3) is 0 Å². The highest BCUT2D eigenvalue weighted by Crippen LogP contribution is 2.19. The van der Waals surface area contributed by atoms with Crippen LogP contribution in [0.2, 0.25) is 0 Å². The van der Waals surface area contributed by atoms with Gasteiger partial charge in [-0.2, -0.15) is 4.80 Å². The highest BCUT2D eigenvalue weighted by Gasteiger charge is 2.21. The Bertz CT molecular complexity index is 1080. The molecule has 30 heavy (non-hydrogen) atoms. The summed E-state index contributed by atoms with van der Waals surface area (Å²) in [6.07, 6.45) is 0.643. The highest BCUT2D eigenvalue weighted by molar-refractivity contribution is 5.90. The smallest absolute Gasteiger partial charge is 0.338 e. The highest BCUT2D eigenvalue weighted by atomic mass is 16.5. The van der Waals surface area contributed by atoms with Crippen LogP contribution in [0.4, 0.5) is 0 Å². The summed E-state index contributed by atoms with van der Waals surface area (Å²) in [5.74, 6) is -0.103. The van der Waals surface area contributed by atoms with Gasteiger partial charge in [0.15, 0.2) is 0 Å². The average molecular weight is 405 g/mol. The zero-order valence-electron chi connectivity index (χ0n) is 17.0. The van der Waals surface area contributed by atoms with E-state index in [0.717, 1.165) is 6.42 Å². The van der Waals surface area contributed by atoms with Gasteiger partial charge < -0.3 is 9.64 Å². The van der Waals surface area contributed by atoms with Crippen molar-refractivity contribution in [1.82, 2.24) is 25.1 Å². The molecule has 0 radical (unpaired) electrons. The molecule has 8 heteroatoms. The molecule has 0 N–H and O–H groups in total. The first-order valence-electron chi connectivity index (χ1n) is 9.93. The number of aromatic nitrogens is 4. The lowest BCUT2D eigenvalue weighted by atomic mass is 10.00. The fourth-order valence-corrected chi connectivity index (χ4v) is 3.42. The number of ether oxygens (including phenoxy) is 1. The zero-order valence-corrected chi connectivity index (χ0v) is 17.0. The van der Waals surface area contributed by atoms with Crippen LogP contribution in [-0.2, 0) is 29.0 Å². The normalized spacial score (nSPS) is 13.2. The van der Waals surface area contributed by atoms with Gasteiger partial charge in [-0.1, -0.05) is 36.4 Å². The third kappa shape index (κ3) is 4.37. The zero-order chi connectivity index (χ0) is 21.1. The summed E-state index contributed by atoms with van der Waals surface area (Å²) in [7, 11) is 0.